The number of aromatic nitrogens is 2. The van der Waals surface area contributed by atoms with Crippen molar-refractivity contribution in [2.45, 2.75) is 20.4 Å². The van der Waals surface area contributed by atoms with Gasteiger partial charge in [0.1, 0.15) is 17.1 Å². The number of carbonyl (C=O) groups excluding carboxylic acids is 1. The number of nitrogens with zero attached hydrogens (tertiary/aromatic N) is 2. The highest BCUT2D eigenvalue weighted by molar-refractivity contribution is 9.10. The summed E-state index contributed by atoms with van der Waals surface area (Å²) in [6.45, 7) is 3.67. The van der Waals surface area contributed by atoms with E-state index >= 15 is 0 Å². The molecule has 2 aromatic carbocycles. The molecule has 0 aliphatic heterocycles. The molecule has 4 rings (SSSR count). The average Bonchev–Trinajstić information content (AvgIpc) is 2.92. The van der Waals surface area contributed by atoms with Gasteiger partial charge in [-0.2, -0.15) is 0 Å². The van der Waals surface area contributed by atoms with Gasteiger partial charge in [-0.3, -0.25) is 9.36 Å². The summed E-state index contributed by atoms with van der Waals surface area (Å²) in [5, 5.41) is 2.58. The van der Waals surface area contributed by atoms with Crippen LogP contribution in [0.2, 0.25) is 0 Å². The van der Waals surface area contributed by atoms with E-state index in [1.165, 1.54) is 22.2 Å². The normalized spacial score (nSPS) is 11.2. The minimum Gasteiger partial charge on any atom is -0.425 e. The Labute approximate surface area is 167 Å². The Balaban J connectivity index is 1.58. The van der Waals surface area contributed by atoms with E-state index in [0.717, 1.165) is 25.7 Å². The van der Waals surface area contributed by atoms with Gasteiger partial charge in [-0.1, -0.05) is 28.1 Å². The van der Waals surface area contributed by atoms with Crippen LogP contribution in [0, 0.1) is 13.8 Å². The quantitative estimate of drug-likeness (QED) is 0.343. The second-order valence-corrected chi connectivity index (χ2v) is 8.39. The average molecular weight is 443 g/mol. The Hall–Kier alpha value is -2.51. The van der Waals surface area contributed by atoms with Crippen LogP contribution >= 0.6 is 27.3 Å². The second-order valence-electron chi connectivity index (χ2n) is 6.27. The highest BCUT2D eigenvalue weighted by Crippen LogP contribution is 2.26. The summed E-state index contributed by atoms with van der Waals surface area (Å²) in [4.78, 5) is 31.1. The third-order valence-corrected chi connectivity index (χ3v) is 6.07. The topological polar surface area (TPSA) is 61.2 Å². The number of ether oxygens (including phenoxy) is 1. The van der Waals surface area contributed by atoms with Crippen LogP contribution in [0.3, 0.4) is 0 Å². The molecule has 0 aliphatic carbocycles. The summed E-state index contributed by atoms with van der Waals surface area (Å²) < 4.78 is 7.70. The fourth-order valence-corrected chi connectivity index (χ4v) is 4.31. The molecule has 0 fully saturated rings. The van der Waals surface area contributed by atoms with E-state index in [2.05, 4.69) is 20.9 Å². The Kier molecular flexibility index (Phi) is 4.57. The summed E-state index contributed by atoms with van der Waals surface area (Å²) in [7, 11) is 0. The molecule has 0 radical (unpaired) electrons. The lowest BCUT2D eigenvalue weighted by Gasteiger charge is -2.08. The van der Waals surface area contributed by atoms with Gasteiger partial charge in [0.25, 0.3) is 5.56 Å². The smallest absolute Gasteiger partial charge is 0.331 e. The Morgan fingerprint density at radius 1 is 1.19 bits per heavy atom. The first-order chi connectivity index (χ1) is 12.9. The molecular weight excluding hydrogens is 428 g/mol. The minimum absolute atomic E-state index is 0.186. The largest absolute Gasteiger partial charge is 0.425 e. The SMILES string of the molecule is Cc1sc2ncn(CC(=O)Oc3ccc4cc(Br)ccc4c3)c(=O)c2c1C. The lowest BCUT2D eigenvalue weighted by molar-refractivity contribution is -0.135. The fraction of sp³-hybridized carbons (Fsp3) is 0.150. The van der Waals surface area contributed by atoms with Crippen LogP contribution in [0.1, 0.15) is 10.4 Å². The molecular formula is C20H15BrN2O3S. The predicted octanol–water partition coefficient (Wildman–Crippen LogP) is 4.60. The highest BCUT2D eigenvalue weighted by atomic mass is 79.9. The zero-order valence-electron chi connectivity index (χ0n) is 14.7. The first-order valence-corrected chi connectivity index (χ1v) is 9.88. The summed E-state index contributed by atoms with van der Waals surface area (Å²) in [5.74, 6) is -0.0706. The molecule has 0 saturated carbocycles. The van der Waals surface area contributed by atoms with Crippen molar-refractivity contribution in [1.29, 1.82) is 0 Å². The zero-order valence-corrected chi connectivity index (χ0v) is 17.1. The molecule has 27 heavy (non-hydrogen) atoms. The van der Waals surface area contributed by atoms with E-state index in [9.17, 15) is 9.59 Å². The summed E-state index contributed by atoms with van der Waals surface area (Å²) >= 11 is 4.92. The molecule has 7 heteroatoms. The number of hydrogen-bond acceptors (Lipinski definition) is 5. The molecule has 0 bridgehead atoms. The van der Waals surface area contributed by atoms with Gasteiger partial charge in [0.15, 0.2) is 0 Å². The van der Waals surface area contributed by atoms with E-state index in [4.69, 9.17) is 4.74 Å². The number of esters is 1. The molecule has 0 saturated heterocycles. The molecule has 2 heterocycles. The van der Waals surface area contributed by atoms with E-state index in [1.807, 2.05) is 38.1 Å². The van der Waals surface area contributed by atoms with E-state index in [1.54, 1.807) is 12.1 Å². The Morgan fingerprint density at radius 3 is 2.74 bits per heavy atom. The number of hydrogen-bond donors (Lipinski definition) is 0. The van der Waals surface area contributed by atoms with Gasteiger partial charge in [-0.05, 0) is 54.4 Å². The number of thiophene rings is 1. The number of halogens is 1. The minimum atomic E-state index is -0.515. The summed E-state index contributed by atoms with van der Waals surface area (Å²) in [6.07, 6.45) is 1.40. The van der Waals surface area contributed by atoms with Gasteiger partial charge in [-0.15, -0.1) is 11.3 Å². The van der Waals surface area contributed by atoms with Gasteiger partial charge in [0.05, 0.1) is 11.7 Å². The van der Waals surface area contributed by atoms with Crippen molar-refractivity contribution >= 4 is 54.2 Å². The highest BCUT2D eigenvalue weighted by Gasteiger charge is 2.14. The summed E-state index contributed by atoms with van der Waals surface area (Å²) in [6, 6.07) is 11.3. The predicted molar refractivity (Wildman–Crippen MR) is 111 cm³/mol. The van der Waals surface area contributed by atoms with Crippen molar-refractivity contribution in [1.82, 2.24) is 9.55 Å². The maximum absolute atomic E-state index is 12.7. The molecule has 2 aromatic heterocycles. The van der Waals surface area contributed by atoms with Gasteiger partial charge in [-0.25, -0.2) is 9.78 Å². The van der Waals surface area contributed by atoms with E-state index in [-0.39, 0.29) is 12.1 Å². The number of benzene rings is 2. The number of rotatable bonds is 3. The van der Waals surface area contributed by atoms with Crippen molar-refractivity contribution < 1.29 is 9.53 Å². The van der Waals surface area contributed by atoms with Gasteiger partial charge >= 0.3 is 5.97 Å². The fourth-order valence-electron chi connectivity index (χ4n) is 2.94. The van der Waals surface area contributed by atoms with E-state index in [0.29, 0.717) is 16.0 Å². The van der Waals surface area contributed by atoms with Crippen molar-refractivity contribution in [3.8, 4) is 5.75 Å². The first kappa shape index (κ1) is 17.9. The van der Waals surface area contributed by atoms with Crippen molar-refractivity contribution in [2.75, 3.05) is 0 Å². The molecule has 136 valence electrons. The van der Waals surface area contributed by atoms with Crippen LogP contribution in [-0.2, 0) is 11.3 Å². The number of fused-ring (bicyclic) bond motifs is 2. The number of aryl methyl sites for hydroxylation is 2. The molecule has 0 aliphatic rings. The lowest BCUT2D eigenvalue weighted by atomic mass is 10.1. The standard InChI is InChI=1S/C20H15BrN2O3S/c1-11-12(2)27-19-18(11)20(25)23(10-22-19)9-17(24)26-16-6-4-13-7-15(21)5-3-14(13)8-16/h3-8,10H,9H2,1-2H3. The van der Waals surface area contributed by atoms with Crippen molar-refractivity contribution in [3.63, 3.8) is 0 Å². The first-order valence-electron chi connectivity index (χ1n) is 8.27. The van der Waals surface area contributed by atoms with Gasteiger partial charge in [0, 0.05) is 9.35 Å². The van der Waals surface area contributed by atoms with Crippen molar-refractivity contribution in [2.24, 2.45) is 0 Å². The molecule has 5 nitrogen and oxygen atoms in total. The second kappa shape index (κ2) is 6.90. The van der Waals surface area contributed by atoms with Crippen LogP contribution in [-0.4, -0.2) is 15.5 Å². The van der Waals surface area contributed by atoms with Crippen LogP contribution in [0.15, 0.2) is 52.0 Å². The molecule has 0 N–H and O–H groups in total. The monoisotopic (exact) mass is 442 g/mol. The molecule has 0 unspecified atom stereocenters. The van der Waals surface area contributed by atoms with Crippen molar-refractivity contribution in [3.05, 3.63) is 68.0 Å². The Bertz CT molecular complexity index is 1260. The van der Waals surface area contributed by atoms with Gasteiger partial charge in [0.2, 0.25) is 0 Å². The molecule has 0 amide bonds. The van der Waals surface area contributed by atoms with Gasteiger partial charge < -0.3 is 4.74 Å². The van der Waals surface area contributed by atoms with E-state index < -0.39 is 5.97 Å². The molecule has 0 spiro atoms. The molecule has 4 aromatic rings. The van der Waals surface area contributed by atoms with Crippen LogP contribution in [0.4, 0.5) is 0 Å². The lowest BCUT2D eigenvalue weighted by Crippen LogP contribution is -2.26. The van der Waals surface area contributed by atoms with Crippen LogP contribution < -0.4 is 10.3 Å². The molecule has 0 atom stereocenters. The summed E-state index contributed by atoms with van der Waals surface area (Å²) in [5.41, 5.74) is 0.693. The third kappa shape index (κ3) is 3.40. The number of carbonyl (C=O) groups is 1. The maximum Gasteiger partial charge on any atom is 0.331 e. The maximum atomic E-state index is 12.7. The van der Waals surface area contributed by atoms with Crippen LogP contribution in [0.5, 0.6) is 5.75 Å². The Morgan fingerprint density at radius 2 is 1.93 bits per heavy atom. The zero-order chi connectivity index (χ0) is 19.1. The third-order valence-electron chi connectivity index (χ3n) is 4.46. The van der Waals surface area contributed by atoms with Crippen LogP contribution in [0.25, 0.3) is 21.0 Å².